The minimum Gasteiger partial charge on any atom is -0.302 e. The molecule has 0 amide bonds. The van der Waals surface area contributed by atoms with Crippen LogP contribution in [0.1, 0.15) is 34.6 Å². The molecule has 0 fully saturated rings. The average molecular weight is 182 g/mol. The van der Waals surface area contributed by atoms with Gasteiger partial charge < -0.3 is 4.90 Å². The van der Waals surface area contributed by atoms with Gasteiger partial charge in [-0.05, 0) is 26.3 Å². The lowest BCUT2D eigenvalue weighted by atomic mass is 9.87. The standard InChI is InChI=1S/C11H22N2/c1-9(7-12)8-13(6)10(2)11(3,4)5/h9-10H,8H2,1-6H3. The lowest BCUT2D eigenvalue weighted by Crippen LogP contribution is -2.41. The number of hydrogen-bond donors (Lipinski definition) is 0. The summed E-state index contributed by atoms with van der Waals surface area (Å²) >= 11 is 0. The molecule has 0 bridgehead atoms. The number of rotatable bonds is 3. The second-order valence-electron chi connectivity index (χ2n) is 5.01. The first kappa shape index (κ1) is 12.4. The summed E-state index contributed by atoms with van der Waals surface area (Å²) in [6, 6.07) is 2.76. The summed E-state index contributed by atoms with van der Waals surface area (Å²) in [5, 5.41) is 8.69. The maximum atomic E-state index is 8.69. The first-order valence-corrected chi connectivity index (χ1v) is 4.89. The van der Waals surface area contributed by atoms with Crippen LogP contribution in [0.2, 0.25) is 0 Å². The van der Waals surface area contributed by atoms with E-state index in [1.165, 1.54) is 0 Å². The van der Waals surface area contributed by atoms with Crippen molar-refractivity contribution in [1.29, 1.82) is 5.26 Å². The van der Waals surface area contributed by atoms with Crippen molar-refractivity contribution in [3.8, 4) is 6.07 Å². The van der Waals surface area contributed by atoms with Gasteiger partial charge >= 0.3 is 0 Å². The van der Waals surface area contributed by atoms with Gasteiger partial charge in [-0.2, -0.15) is 5.26 Å². The van der Waals surface area contributed by atoms with Crippen LogP contribution < -0.4 is 0 Å². The van der Waals surface area contributed by atoms with Gasteiger partial charge in [0.15, 0.2) is 0 Å². The molecule has 0 N–H and O–H groups in total. The van der Waals surface area contributed by atoms with Gasteiger partial charge in [0.05, 0.1) is 12.0 Å². The van der Waals surface area contributed by atoms with Crippen LogP contribution >= 0.6 is 0 Å². The zero-order chi connectivity index (χ0) is 10.6. The van der Waals surface area contributed by atoms with E-state index in [0.29, 0.717) is 6.04 Å². The molecule has 2 atom stereocenters. The van der Waals surface area contributed by atoms with Crippen LogP contribution in [-0.4, -0.2) is 24.5 Å². The molecule has 2 heteroatoms. The predicted molar refractivity (Wildman–Crippen MR) is 56.3 cm³/mol. The number of nitrogens with zero attached hydrogens (tertiary/aromatic N) is 2. The third-order valence-electron chi connectivity index (χ3n) is 2.70. The predicted octanol–water partition coefficient (Wildman–Crippen LogP) is 2.51. The van der Waals surface area contributed by atoms with E-state index >= 15 is 0 Å². The molecule has 0 rings (SSSR count). The SMILES string of the molecule is CC(C#N)CN(C)C(C)C(C)(C)C. The molecule has 0 spiro atoms. The number of nitriles is 1. The summed E-state index contributed by atoms with van der Waals surface area (Å²) in [5.74, 6) is 0.120. The molecule has 0 saturated carbocycles. The normalized spacial score (nSPS) is 16.8. The minimum atomic E-state index is 0.120. The zero-order valence-corrected chi connectivity index (χ0v) is 9.76. The third kappa shape index (κ3) is 4.28. The van der Waals surface area contributed by atoms with E-state index in [4.69, 9.17) is 5.26 Å². The fourth-order valence-electron chi connectivity index (χ4n) is 1.29. The van der Waals surface area contributed by atoms with Crippen LogP contribution in [0, 0.1) is 22.7 Å². The summed E-state index contributed by atoms with van der Waals surface area (Å²) in [5.41, 5.74) is 0.282. The van der Waals surface area contributed by atoms with Gasteiger partial charge in [-0.1, -0.05) is 20.8 Å². The maximum absolute atomic E-state index is 8.69. The van der Waals surface area contributed by atoms with E-state index in [1.54, 1.807) is 0 Å². The Bertz CT molecular complexity index is 185. The molecule has 2 nitrogen and oxygen atoms in total. The molecular weight excluding hydrogens is 160 g/mol. The molecule has 0 aliphatic rings. The molecule has 0 aliphatic carbocycles. The van der Waals surface area contributed by atoms with Crippen molar-refractivity contribution in [3.63, 3.8) is 0 Å². The summed E-state index contributed by atoms with van der Waals surface area (Å²) < 4.78 is 0. The van der Waals surface area contributed by atoms with E-state index < -0.39 is 0 Å². The fourth-order valence-corrected chi connectivity index (χ4v) is 1.29. The van der Waals surface area contributed by atoms with Crippen LogP contribution in [0.5, 0.6) is 0 Å². The molecule has 0 aromatic heterocycles. The van der Waals surface area contributed by atoms with Gasteiger partial charge in [-0.15, -0.1) is 0 Å². The Hall–Kier alpha value is -0.550. The van der Waals surface area contributed by atoms with Crippen LogP contribution in [0.3, 0.4) is 0 Å². The fraction of sp³-hybridized carbons (Fsp3) is 0.909. The molecule has 2 unspecified atom stereocenters. The van der Waals surface area contributed by atoms with Gasteiger partial charge in [0.25, 0.3) is 0 Å². The molecule has 0 aromatic rings. The van der Waals surface area contributed by atoms with E-state index in [9.17, 15) is 0 Å². The van der Waals surface area contributed by atoms with Crippen molar-refractivity contribution in [3.05, 3.63) is 0 Å². The highest BCUT2D eigenvalue weighted by Gasteiger charge is 2.24. The van der Waals surface area contributed by atoms with Gasteiger partial charge in [0.2, 0.25) is 0 Å². The van der Waals surface area contributed by atoms with E-state index in [1.807, 2.05) is 6.92 Å². The van der Waals surface area contributed by atoms with Crippen LogP contribution in [-0.2, 0) is 0 Å². The zero-order valence-electron chi connectivity index (χ0n) is 9.76. The largest absolute Gasteiger partial charge is 0.302 e. The Labute approximate surface area is 82.5 Å². The lowest BCUT2D eigenvalue weighted by Gasteiger charge is -2.35. The Kier molecular flexibility index (Phi) is 4.43. The quantitative estimate of drug-likeness (QED) is 0.670. The van der Waals surface area contributed by atoms with E-state index in [2.05, 4.69) is 45.7 Å². The summed E-state index contributed by atoms with van der Waals surface area (Å²) in [7, 11) is 2.09. The van der Waals surface area contributed by atoms with Crippen LogP contribution in [0.4, 0.5) is 0 Å². The van der Waals surface area contributed by atoms with E-state index in [0.717, 1.165) is 6.54 Å². The summed E-state index contributed by atoms with van der Waals surface area (Å²) in [4.78, 5) is 2.26. The van der Waals surface area contributed by atoms with Crippen LogP contribution in [0.15, 0.2) is 0 Å². The molecule has 0 heterocycles. The minimum absolute atomic E-state index is 0.120. The smallest absolute Gasteiger partial charge is 0.0666 e. The van der Waals surface area contributed by atoms with Gasteiger partial charge in [0.1, 0.15) is 0 Å². The van der Waals surface area contributed by atoms with Crippen LogP contribution in [0.25, 0.3) is 0 Å². The molecule has 76 valence electrons. The highest BCUT2D eigenvalue weighted by molar-refractivity contribution is 4.84. The Balaban J connectivity index is 4.13. The van der Waals surface area contributed by atoms with Gasteiger partial charge in [0, 0.05) is 12.6 Å². The molecular formula is C11H22N2. The highest BCUT2D eigenvalue weighted by Crippen LogP contribution is 2.23. The molecule has 0 aromatic carbocycles. The second kappa shape index (κ2) is 4.62. The summed E-state index contributed by atoms with van der Waals surface area (Å²) in [6.07, 6.45) is 0. The molecule has 0 radical (unpaired) electrons. The topological polar surface area (TPSA) is 27.0 Å². The molecule has 13 heavy (non-hydrogen) atoms. The van der Waals surface area contributed by atoms with Gasteiger partial charge in [-0.25, -0.2) is 0 Å². The Morgan fingerprint density at radius 2 is 1.77 bits per heavy atom. The average Bonchev–Trinajstić information content (AvgIpc) is 2.01. The Morgan fingerprint density at radius 3 is 2.08 bits per heavy atom. The third-order valence-corrected chi connectivity index (χ3v) is 2.70. The highest BCUT2D eigenvalue weighted by atomic mass is 15.1. The van der Waals surface area contributed by atoms with Crippen molar-refractivity contribution in [2.24, 2.45) is 11.3 Å². The van der Waals surface area contributed by atoms with Crippen molar-refractivity contribution < 1.29 is 0 Å². The maximum Gasteiger partial charge on any atom is 0.0666 e. The second-order valence-corrected chi connectivity index (χ2v) is 5.01. The first-order chi connectivity index (χ1) is 5.79. The van der Waals surface area contributed by atoms with Crippen molar-refractivity contribution in [2.75, 3.05) is 13.6 Å². The van der Waals surface area contributed by atoms with E-state index in [-0.39, 0.29) is 11.3 Å². The molecule has 0 aliphatic heterocycles. The van der Waals surface area contributed by atoms with Gasteiger partial charge in [-0.3, -0.25) is 0 Å². The van der Waals surface area contributed by atoms with Crippen molar-refractivity contribution >= 4 is 0 Å². The number of hydrogen-bond acceptors (Lipinski definition) is 2. The summed E-state index contributed by atoms with van der Waals surface area (Å²) in [6.45, 7) is 11.7. The lowest BCUT2D eigenvalue weighted by molar-refractivity contribution is 0.133. The Morgan fingerprint density at radius 1 is 1.31 bits per heavy atom. The first-order valence-electron chi connectivity index (χ1n) is 4.89. The molecule has 0 saturated heterocycles. The monoisotopic (exact) mass is 182 g/mol. The van der Waals surface area contributed by atoms with Crippen molar-refractivity contribution in [2.45, 2.75) is 40.7 Å². The van der Waals surface area contributed by atoms with Crippen molar-refractivity contribution in [1.82, 2.24) is 4.90 Å².